The zero-order valence-electron chi connectivity index (χ0n) is 7.13. The normalized spacial score (nSPS) is 9.77. The number of rotatable bonds is 2. The molecule has 0 saturated heterocycles. The van der Waals surface area contributed by atoms with E-state index in [1.165, 1.54) is 11.0 Å². The van der Waals surface area contributed by atoms with Gasteiger partial charge in [0.05, 0.1) is 10.1 Å². The lowest BCUT2D eigenvalue weighted by Gasteiger charge is -2.16. The number of carbonyl (C=O) groups is 1. The van der Waals surface area contributed by atoms with Crippen molar-refractivity contribution in [1.82, 2.24) is 0 Å². The number of carbonyl (C=O) groups excluding carboxylic acids is 1. The lowest BCUT2D eigenvalue weighted by molar-refractivity contribution is -0.115. The highest BCUT2D eigenvalue weighted by Crippen LogP contribution is 2.17. The fourth-order valence-electron chi connectivity index (χ4n) is 0.948. The minimum atomic E-state index is -0.372. The summed E-state index contributed by atoms with van der Waals surface area (Å²) in [6.45, 7) is 0. The maximum absolute atomic E-state index is 13.1. The Morgan fingerprint density at radius 3 is 2.69 bits per heavy atom. The molecule has 0 N–H and O–H groups in total. The number of amides is 1. The van der Waals surface area contributed by atoms with Gasteiger partial charge in [-0.3, -0.25) is 4.79 Å². The first kappa shape index (κ1) is 10.4. The average molecular weight is 293 g/mol. The van der Waals surface area contributed by atoms with Crippen LogP contribution in [-0.2, 0) is 4.79 Å². The molecule has 1 aromatic rings. The monoisotopic (exact) mass is 293 g/mol. The number of hydrogen-bond donors (Lipinski definition) is 0. The molecule has 0 bridgehead atoms. The summed E-state index contributed by atoms with van der Waals surface area (Å²) in [5.41, 5.74) is 0.323. The van der Waals surface area contributed by atoms with Crippen molar-refractivity contribution in [2.24, 2.45) is 0 Å². The quantitative estimate of drug-likeness (QED) is 0.605. The van der Waals surface area contributed by atoms with E-state index >= 15 is 0 Å². The fourth-order valence-corrected chi connectivity index (χ4v) is 1.46. The Hall–Kier alpha value is -0.650. The summed E-state index contributed by atoms with van der Waals surface area (Å²) < 4.78 is 13.5. The molecule has 1 amide bonds. The third-order valence-electron chi connectivity index (χ3n) is 1.70. The van der Waals surface area contributed by atoms with Crippen molar-refractivity contribution in [2.75, 3.05) is 16.4 Å². The van der Waals surface area contributed by atoms with Crippen LogP contribution < -0.4 is 4.90 Å². The molecule has 0 aliphatic heterocycles. The van der Waals surface area contributed by atoms with Gasteiger partial charge in [-0.1, -0.05) is 34.7 Å². The van der Waals surface area contributed by atoms with Gasteiger partial charge in [-0.05, 0) is 12.1 Å². The second-order valence-corrected chi connectivity index (χ2v) is 3.30. The molecule has 13 heavy (non-hydrogen) atoms. The van der Waals surface area contributed by atoms with Crippen LogP contribution in [0.15, 0.2) is 24.3 Å². The van der Waals surface area contributed by atoms with Crippen LogP contribution in [0.25, 0.3) is 0 Å². The standard InChI is InChI=1S/C9H9FINO/c1-12(9(13)6-11)8-5-3-2-4-7(8)10/h2-5H,6H2,1H3. The lowest BCUT2D eigenvalue weighted by Crippen LogP contribution is -2.27. The molecule has 0 fully saturated rings. The number of para-hydroxylation sites is 1. The molecule has 0 aromatic heterocycles. The second kappa shape index (κ2) is 4.55. The molecular formula is C9H9FINO. The van der Waals surface area contributed by atoms with Crippen LogP contribution in [0.5, 0.6) is 0 Å². The molecule has 0 atom stereocenters. The Morgan fingerprint density at radius 2 is 2.15 bits per heavy atom. The van der Waals surface area contributed by atoms with Crippen molar-refractivity contribution >= 4 is 34.2 Å². The summed E-state index contributed by atoms with van der Waals surface area (Å²) in [5.74, 6) is -0.478. The van der Waals surface area contributed by atoms with E-state index in [0.29, 0.717) is 10.1 Å². The summed E-state index contributed by atoms with van der Waals surface area (Å²) in [6.07, 6.45) is 0. The summed E-state index contributed by atoms with van der Waals surface area (Å²) in [6, 6.07) is 6.22. The van der Waals surface area contributed by atoms with E-state index in [0.717, 1.165) is 0 Å². The number of halogens is 2. The number of anilines is 1. The molecule has 0 radical (unpaired) electrons. The first-order valence-corrected chi connectivity index (χ1v) is 5.26. The van der Waals surface area contributed by atoms with Gasteiger partial charge in [0, 0.05) is 7.05 Å². The molecule has 0 heterocycles. The molecule has 0 aliphatic rings. The van der Waals surface area contributed by atoms with Crippen LogP contribution in [0.1, 0.15) is 0 Å². The van der Waals surface area contributed by atoms with Crippen molar-refractivity contribution in [1.29, 1.82) is 0 Å². The highest BCUT2D eigenvalue weighted by molar-refractivity contribution is 14.1. The first-order chi connectivity index (χ1) is 6.16. The molecule has 0 aliphatic carbocycles. The van der Waals surface area contributed by atoms with Gasteiger partial charge in [0.25, 0.3) is 0 Å². The van der Waals surface area contributed by atoms with E-state index in [1.54, 1.807) is 25.2 Å². The van der Waals surface area contributed by atoms with Gasteiger partial charge < -0.3 is 4.90 Å². The van der Waals surface area contributed by atoms with E-state index < -0.39 is 0 Å². The van der Waals surface area contributed by atoms with Crippen LogP contribution in [0.3, 0.4) is 0 Å². The summed E-state index contributed by atoms with van der Waals surface area (Å²) in [5, 5.41) is 0. The summed E-state index contributed by atoms with van der Waals surface area (Å²) in [7, 11) is 1.57. The molecule has 4 heteroatoms. The van der Waals surface area contributed by atoms with Gasteiger partial charge in [0.15, 0.2) is 0 Å². The van der Waals surface area contributed by atoms with Crippen molar-refractivity contribution in [3.63, 3.8) is 0 Å². The molecule has 1 aromatic carbocycles. The Morgan fingerprint density at radius 1 is 1.54 bits per heavy atom. The van der Waals surface area contributed by atoms with Gasteiger partial charge in [-0.2, -0.15) is 0 Å². The Balaban J connectivity index is 2.95. The maximum Gasteiger partial charge on any atom is 0.236 e. The van der Waals surface area contributed by atoms with E-state index in [1.807, 2.05) is 22.6 Å². The largest absolute Gasteiger partial charge is 0.312 e. The van der Waals surface area contributed by atoms with Gasteiger partial charge in [0.2, 0.25) is 5.91 Å². The number of nitrogens with zero attached hydrogens (tertiary/aromatic N) is 1. The summed E-state index contributed by atoms with van der Waals surface area (Å²) >= 11 is 1.95. The third kappa shape index (κ3) is 2.40. The molecular weight excluding hydrogens is 284 g/mol. The van der Waals surface area contributed by atoms with Crippen molar-refractivity contribution in [3.05, 3.63) is 30.1 Å². The van der Waals surface area contributed by atoms with Crippen LogP contribution in [0.4, 0.5) is 10.1 Å². The Labute approximate surface area is 89.9 Å². The third-order valence-corrected chi connectivity index (χ3v) is 2.35. The van der Waals surface area contributed by atoms with Gasteiger partial charge >= 0.3 is 0 Å². The number of alkyl halides is 1. The smallest absolute Gasteiger partial charge is 0.236 e. The minimum absolute atomic E-state index is 0.106. The van der Waals surface area contributed by atoms with Crippen LogP contribution >= 0.6 is 22.6 Å². The maximum atomic E-state index is 13.1. The van der Waals surface area contributed by atoms with Gasteiger partial charge in [0.1, 0.15) is 5.82 Å². The predicted molar refractivity (Wildman–Crippen MR) is 58.7 cm³/mol. The predicted octanol–water partition coefficient (Wildman–Crippen LogP) is 2.22. The van der Waals surface area contributed by atoms with Crippen LogP contribution in [-0.4, -0.2) is 17.4 Å². The Bertz CT molecular complexity index is 316. The van der Waals surface area contributed by atoms with Crippen molar-refractivity contribution < 1.29 is 9.18 Å². The molecule has 2 nitrogen and oxygen atoms in total. The average Bonchev–Trinajstić information content (AvgIpc) is 2.16. The van der Waals surface area contributed by atoms with Gasteiger partial charge in [-0.25, -0.2) is 4.39 Å². The zero-order valence-corrected chi connectivity index (χ0v) is 9.29. The molecule has 0 unspecified atom stereocenters. The van der Waals surface area contributed by atoms with E-state index in [4.69, 9.17) is 0 Å². The molecule has 70 valence electrons. The zero-order chi connectivity index (χ0) is 9.84. The van der Waals surface area contributed by atoms with Crippen LogP contribution in [0, 0.1) is 5.82 Å². The number of hydrogen-bond acceptors (Lipinski definition) is 1. The topological polar surface area (TPSA) is 20.3 Å². The molecule has 1 rings (SSSR count). The van der Waals surface area contributed by atoms with E-state index in [-0.39, 0.29) is 11.7 Å². The van der Waals surface area contributed by atoms with Crippen molar-refractivity contribution in [2.45, 2.75) is 0 Å². The first-order valence-electron chi connectivity index (χ1n) is 3.74. The van der Waals surface area contributed by atoms with E-state index in [2.05, 4.69) is 0 Å². The van der Waals surface area contributed by atoms with Crippen LogP contribution in [0.2, 0.25) is 0 Å². The number of benzene rings is 1. The molecule has 0 spiro atoms. The second-order valence-electron chi connectivity index (χ2n) is 2.54. The highest BCUT2D eigenvalue weighted by Gasteiger charge is 2.12. The van der Waals surface area contributed by atoms with Gasteiger partial charge in [-0.15, -0.1) is 0 Å². The SMILES string of the molecule is CN(C(=O)CI)c1ccccc1F. The van der Waals surface area contributed by atoms with E-state index in [9.17, 15) is 9.18 Å². The lowest BCUT2D eigenvalue weighted by atomic mass is 10.3. The fraction of sp³-hybridized carbons (Fsp3) is 0.222. The van der Waals surface area contributed by atoms with Crippen molar-refractivity contribution in [3.8, 4) is 0 Å². The minimum Gasteiger partial charge on any atom is -0.312 e. The Kier molecular flexibility index (Phi) is 3.65. The molecule has 0 saturated carbocycles. The highest BCUT2D eigenvalue weighted by atomic mass is 127. The summed E-state index contributed by atoms with van der Waals surface area (Å²) in [4.78, 5) is 12.5.